The summed E-state index contributed by atoms with van der Waals surface area (Å²) in [6.07, 6.45) is 3.66. The number of nitrogens with zero attached hydrogens (tertiary/aromatic N) is 3. The van der Waals surface area contributed by atoms with Crippen LogP contribution in [-0.4, -0.2) is 40.0 Å². The first kappa shape index (κ1) is 17.7. The predicted octanol–water partition coefficient (Wildman–Crippen LogP) is 3.72. The van der Waals surface area contributed by atoms with Crippen molar-refractivity contribution < 1.29 is 9.53 Å². The lowest BCUT2D eigenvalue weighted by atomic mass is 9.86. The smallest absolute Gasteiger partial charge is 0.316 e. The van der Waals surface area contributed by atoms with Gasteiger partial charge in [0.15, 0.2) is 0 Å². The van der Waals surface area contributed by atoms with Crippen LogP contribution in [0, 0.1) is 0 Å². The van der Waals surface area contributed by atoms with Crippen molar-refractivity contribution in [2.24, 2.45) is 0 Å². The van der Waals surface area contributed by atoms with E-state index in [1.165, 1.54) is 18.0 Å². The molecule has 1 atom stereocenters. The van der Waals surface area contributed by atoms with Gasteiger partial charge in [-0.25, -0.2) is 9.97 Å². The second-order valence-corrected chi connectivity index (χ2v) is 7.73. The van der Waals surface area contributed by atoms with E-state index in [1.807, 2.05) is 29.2 Å². The van der Waals surface area contributed by atoms with Crippen LogP contribution in [0.1, 0.15) is 43.1 Å². The van der Waals surface area contributed by atoms with E-state index < -0.39 is 0 Å². The minimum Gasteiger partial charge on any atom is -0.458 e. The van der Waals surface area contributed by atoms with Gasteiger partial charge in [-0.1, -0.05) is 44.5 Å². The zero-order valence-electron chi connectivity index (χ0n) is 14.7. The second-order valence-electron chi connectivity index (χ2n) is 7.29. The number of halogens is 1. The molecule has 1 aromatic heterocycles. The molecule has 0 spiro atoms. The van der Waals surface area contributed by atoms with Gasteiger partial charge in [-0.2, -0.15) is 0 Å². The fourth-order valence-corrected chi connectivity index (χ4v) is 2.91. The molecule has 0 saturated carbocycles. The van der Waals surface area contributed by atoms with E-state index in [4.69, 9.17) is 16.3 Å². The third-order valence-corrected chi connectivity index (χ3v) is 4.49. The molecule has 2 aromatic rings. The molecule has 1 aliphatic heterocycles. The maximum Gasteiger partial charge on any atom is 0.316 e. The summed E-state index contributed by atoms with van der Waals surface area (Å²) in [5.74, 6) is 0.0311. The van der Waals surface area contributed by atoms with E-state index in [2.05, 4.69) is 30.7 Å². The van der Waals surface area contributed by atoms with Gasteiger partial charge in [-0.15, -0.1) is 0 Å². The Bertz CT molecular complexity index is 739. The summed E-state index contributed by atoms with van der Waals surface area (Å²) in [6, 6.07) is 8.15. The van der Waals surface area contributed by atoms with Crippen molar-refractivity contribution in [2.45, 2.75) is 38.7 Å². The minimum atomic E-state index is -0.0982. The highest BCUT2D eigenvalue weighted by Crippen LogP contribution is 2.23. The summed E-state index contributed by atoms with van der Waals surface area (Å²) < 4.78 is 5.74. The Morgan fingerprint density at radius 2 is 1.84 bits per heavy atom. The number of carbonyl (C=O) groups excluding carboxylic acids is 1. The first-order valence-corrected chi connectivity index (χ1v) is 8.75. The molecule has 1 fully saturated rings. The topological polar surface area (TPSA) is 55.3 Å². The fraction of sp³-hybridized carbons (Fsp3) is 0.421. The molecule has 132 valence electrons. The largest absolute Gasteiger partial charge is 0.458 e. The molecular weight excluding hydrogens is 338 g/mol. The van der Waals surface area contributed by atoms with Crippen LogP contribution in [0.25, 0.3) is 0 Å². The van der Waals surface area contributed by atoms with Crippen LogP contribution < -0.4 is 4.74 Å². The van der Waals surface area contributed by atoms with Crippen molar-refractivity contribution >= 4 is 17.5 Å². The molecule has 0 unspecified atom stereocenters. The van der Waals surface area contributed by atoms with E-state index >= 15 is 0 Å². The summed E-state index contributed by atoms with van der Waals surface area (Å²) >= 11 is 5.77. The van der Waals surface area contributed by atoms with E-state index in [0.717, 1.165) is 6.42 Å². The first-order valence-electron chi connectivity index (χ1n) is 8.37. The average molecular weight is 360 g/mol. The summed E-state index contributed by atoms with van der Waals surface area (Å²) in [5.41, 5.74) is 2.00. The van der Waals surface area contributed by atoms with Gasteiger partial charge in [0.2, 0.25) is 0 Å². The first-order chi connectivity index (χ1) is 11.8. The van der Waals surface area contributed by atoms with Gasteiger partial charge < -0.3 is 9.64 Å². The van der Waals surface area contributed by atoms with Crippen LogP contribution in [0.3, 0.4) is 0 Å². The monoisotopic (exact) mass is 359 g/mol. The van der Waals surface area contributed by atoms with Crippen LogP contribution in [0.5, 0.6) is 6.01 Å². The third kappa shape index (κ3) is 4.28. The Hall–Kier alpha value is -2.14. The van der Waals surface area contributed by atoms with E-state index in [9.17, 15) is 4.79 Å². The van der Waals surface area contributed by atoms with Gasteiger partial charge >= 0.3 is 6.01 Å². The zero-order valence-corrected chi connectivity index (χ0v) is 15.5. The van der Waals surface area contributed by atoms with Crippen molar-refractivity contribution in [3.05, 3.63) is 52.8 Å². The number of rotatable bonds is 3. The van der Waals surface area contributed by atoms with Crippen LogP contribution in [0.15, 0.2) is 36.7 Å². The summed E-state index contributed by atoms with van der Waals surface area (Å²) in [5, 5.41) is 0.467. The van der Waals surface area contributed by atoms with Gasteiger partial charge in [0, 0.05) is 18.5 Å². The summed E-state index contributed by atoms with van der Waals surface area (Å²) in [7, 11) is 0. The number of aromatic nitrogens is 2. The SMILES string of the molecule is CC(C)(C)c1ccc(C(=O)N2CC[C@H](Oc3ncc(Cl)cn3)C2)cc1. The Kier molecular flexibility index (Phi) is 4.95. The van der Waals surface area contributed by atoms with Crippen LogP contribution >= 0.6 is 11.6 Å². The quantitative estimate of drug-likeness (QED) is 0.838. The summed E-state index contributed by atoms with van der Waals surface area (Å²) in [6.45, 7) is 7.67. The van der Waals surface area contributed by atoms with E-state index in [0.29, 0.717) is 29.7 Å². The molecule has 0 aliphatic carbocycles. The molecule has 5 nitrogen and oxygen atoms in total. The van der Waals surface area contributed by atoms with Crippen LogP contribution in [0.4, 0.5) is 0 Å². The Labute approximate surface area is 153 Å². The van der Waals surface area contributed by atoms with E-state index in [-0.39, 0.29) is 17.4 Å². The van der Waals surface area contributed by atoms with Gasteiger partial charge in [-0.05, 0) is 23.1 Å². The van der Waals surface area contributed by atoms with Crippen molar-refractivity contribution in [1.82, 2.24) is 14.9 Å². The van der Waals surface area contributed by atoms with Gasteiger partial charge in [0.1, 0.15) is 6.10 Å². The number of benzene rings is 1. The average Bonchev–Trinajstić information content (AvgIpc) is 3.04. The molecule has 1 aliphatic rings. The van der Waals surface area contributed by atoms with E-state index in [1.54, 1.807) is 0 Å². The van der Waals surface area contributed by atoms with Gasteiger partial charge in [0.25, 0.3) is 5.91 Å². The van der Waals surface area contributed by atoms with Gasteiger partial charge in [-0.3, -0.25) is 4.79 Å². The number of likely N-dealkylation sites (tertiary alicyclic amines) is 1. The molecule has 1 amide bonds. The fourth-order valence-electron chi connectivity index (χ4n) is 2.81. The number of carbonyl (C=O) groups is 1. The summed E-state index contributed by atoms with van der Waals surface area (Å²) in [4.78, 5) is 22.6. The third-order valence-electron chi connectivity index (χ3n) is 4.30. The van der Waals surface area contributed by atoms with Crippen molar-refractivity contribution in [2.75, 3.05) is 13.1 Å². The molecule has 3 rings (SSSR count). The highest BCUT2D eigenvalue weighted by Gasteiger charge is 2.29. The molecule has 1 aromatic carbocycles. The van der Waals surface area contributed by atoms with Crippen molar-refractivity contribution in [1.29, 1.82) is 0 Å². The molecular formula is C19H22ClN3O2. The zero-order chi connectivity index (χ0) is 18.0. The minimum absolute atomic E-state index is 0.0311. The molecule has 6 heteroatoms. The second kappa shape index (κ2) is 7.00. The van der Waals surface area contributed by atoms with Crippen molar-refractivity contribution in [3.8, 4) is 6.01 Å². The lowest BCUT2D eigenvalue weighted by molar-refractivity contribution is 0.0769. The highest BCUT2D eigenvalue weighted by atomic mass is 35.5. The van der Waals surface area contributed by atoms with Crippen molar-refractivity contribution in [3.63, 3.8) is 0 Å². The lowest BCUT2D eigenvalue weighted by Crippen LogP contribution is -2.31. The molecule has 0 bridgehead atoms. The molecule has 0 N–H and O–H groups in total. The normalized spacial score (nSPS) is 17.6. The molecule has 2 heterocycles. The number of hydrogen-bond acceptors (Lipinski definition) is 4. The Balaban J connectivity index is 1.61. The number of hydrogen-bond donors (Lipinski definition) is 0. The predicted molar refractivity (Wildman–Crippen MR) is 97.1 cm³/mol. The standard InChI is InChI=1S/C19H22ClN3O2/c1-19(2,3)14-6-4-13(5-7-14)17(24)23-9-8-16(12-23)25-18-21-10-15(20)11-22-18/h4-7,10-11,16H,8-9,12H2,1-3H3/t16-/m0/s1. The molecule has 1 saturated heterocycles. The molecule has 25 heavy (non-hydrogen) atoms. The molecule has 0 radical (unpaired) electrons. The van der Waals surface area contributed by atoms with Gasteiger partial charge in [0.05, 0.1) is 24.0 Å². The van der Waals surface area contributed by atoms with Crippen LogP contribution in [-0.2, 0) is 5.41 Å². The lowest BCUT2D eigenvalue weighted by Gasteiger charge is -2.20. The number of amides is 1. The Morgan fingerprint density at radius 1 is 1.20 bits per heavy atom. The maximum absolute atomic E-state index is 12.7. The Morgan fingerprint density at radius 3 is 2.44 bits per heavy atom. The van der Waals surface area contributed by atoms with Crippen LogP contribution in [0.2, 0.25) is 5.02 Å². The highest BCUT2D eigenvalue weighted by molar-refractivity contribution is 6.30. The number of ether oxygens (including phenoxy) is 1. The maximum atomic E-state index is 12.7.